The molecule has 0 N–H and O–H groups in total. The average Bonchev–Trinajstić information content (AvgIpc) is 2.48. The summed E-state index contributed by atoms with van der Waals surface area (Å²) in [7, 11) is 0. The molecule has 0 radical (unpaired) electrons. The van der Waals surface area contributed by atoms with Crippen molar-refractivity contribution in [1.29, 1.82) is 0 Å². The van der Waals surface area contributed by atoms with Crippen molar-refractivity contribution in [3.63, 3.8) is 0 Å². The molecule has 1 amide bonds. The first-order valence-electron chi connectivity index (χ1n) is 6.31. The molecule has 2 aromatic rings. The summed E-state index contributed by atoms with van der Waals surface area (Å²) in [6.45, 7) is 0. The van der Waals surface area contributed by atoms with E-state index >= 15 is 0 Å². The van der Waals surface area contributed by atoms with Gasteiger partial charge < -0.3 is 9.90 Å². The summed E-state index contributed by atoms with van der Waals surface area (Å²) in [6, 6.07) is 18.3. The summed E-state index contributed by atoms with van der Waals surface area (Å²) < 4.78 is 0. The van der Waals surface area contributed by atoms with Gasteiger partial charge in [-0.05, 0) is 30.7 Å². The van der Waals surface area contributed by atoms with E-state index in [1.54, 1.807) is 0 Å². The van der Waals surface area contributed by atoms with Crippen LogP contribution in [0, 0.1) is 0 Å². The van der Waals surface area contributed by atoms with Gasteiger partial charge in [-0.2, -0.15) is 0 Å². The third-order valence-corrected chi connectivity index (χ3v) is 2.82. The zero-order valence-corrected chi connectivity index (χ0v) is 10.9. The van der Waals surface area contributed by atoms with Crippen LogP contribution in [0.4, 0.5) is 11.4 Å². The maximum Gasteiger partial charge on any atom is 0.231 e. The molecule has 0 aliphatic heterocycles. The number of amides is 1. The fourth-order valence-corrected chi connectivity index (χ4v) is 1.91. The number of aliphatic carboxylic acids is 1. The molecule has 2 aromatic carbocycles. The standard InChI is InChI=1S/C16H15NO3/c18-15(11-12-16(19)20)17(13-7-3-1-4-8-13)14-9-5-2-6-10-14/h1-10H,11-12H2,(H,19,20)/p-1. The van der Waals surface area contributed by atoms with Crippen LogP contribution in [0.3, 0.4) is 0 Å². The number of benzene rings is 2. The van der Waals surface area contributed by atoms with Gasteiger partial charge in [0.2, 0.25) is 5.91 Å². The van der Waals surface area contributed by atoms with Crippen LogP contribution in [0.5, 0.6) is 0 Å². The summed E-state index contributed by atoms with van der Waals surface area (Å²) in [5, 5.41) is 10.5. The topological polar surface area (TPSA) is 60.4 Å². The number of carbonyl (C=O) groups is 2. The Hall–Kier alpha value is -2.62. The number of rotatable bonds is 5. The highest BCUT2D eigenvalue weighted by atomic mass is 16.4. The molecule has 4 nitrogen and oxygen atoms in total. The molecular weight excluding hydrogens is 254 g/mol. The van der Waals surface area contributed by atoms with E-state index < -0.39 is 5.97 Å². The van der Waals surface area contributed by atoms with Crippen molar-refractivity contribution in [1.82, 2.24) is 0 Å². The van der Waals surface area contributed by atoms with E-state index in [1.165, 1.54) is 4.90 Å². The lowest BCUT2D eigenvalue weighted by Crippen LogP contribution is -2.29. The van der Waals surface area contributed by atoms with Crippen LogP contribution in [0.25, 0.3) is 0 Å². The van der Waals surface area contributed by atoms with Crippen molar-refractivity contribution in [3.8, 4) is 0 Å². The number of hydrogen-bond donors (Lipinski definition) is 0. The van der Waals surface area contributed by atoms with Gasteiger partial charge >= 0.3 is 0 Å². The van der Waals surface area contributed by atoms with Crippen LogP contribution in [-0.4, -0.2) is 11.9 Å². The number of carboxylic acid groups (broad SMARTS) is 1. The molecule has 0 saturated carbocycles. The molecule has 0 fully saturated rings. The number of anilines is 2. The van der Waals surface area contributed by atoms with Crippen molar-refractivity contribution in [2.24, 2.45) is 0 Å². The molecule has 0 aromatic heterocycles. The van der Waals surface area contributed by atoms with Crippen molar-refractivity contribution < 1.29 is 14.7 Å². The lowest BCUT2D eigenvalue weighted by atomic mass is 10.2. The lowest BCUT2D eigenvalue weighted by Gasteiger charge is -2.23. The molecule has 0 atom stereocenters. The first-order valence-corrected chi connectivity index (χ1v) is 6.31. The van der Waals surface area contributed by atoms with E-state index in [-0.39, 0.29) is 18.7 Å². The lowest BCUT2D eigenvalue weighted by molar-refractivity contribution is -0.305. The first-order chi connectivity index (χ1) is 9.68. The summed E-state index contributed by atoms with van der Waals surface area (Å²) >= 11 is 0. The molecule has 2 rings (SSSR count). The van der Waals surface area contributed by atoms with Crippen LogP contribution in [0.2, 0.25) is 0 Å². The highest BCUT2D eigenvalue weighted by Gasteiger charge is 2.17. The van der Waals surface area contributed by atoms with E-state index in [4.69, 9.17) is 0 Å². The Bertz CT molecular complexity index is 542. The summed E-state index contributed by atoms with van der Waals surface area (Å²) in [6.07, 6.45) is -0.374. The second kappa shape index (κ2) is 6.52. The van der Waals surface area contributed by atoms with Gasteiger partial charge in [0.25, 0.3) is 0 Å². The predicted octanol–water partition coefficient (Wildman–Crippen LogP) is 1.88. The van der Waals surface area contributed by atoms with Crippen LogP contribution < -0.4 is 10.0 Å². The van der Waals surface area contributed by atoms with Crippen molar-refractivity contribution in [3.05, 3.63) is 60.7 Å². The normalized spacial score (nSPS) is 10.0. The van der Waals surface area contributed by atoms with E-state index in [2.05, 4.69) is 0 Å². The fraction of sp³-hybridized carbons (Fsp3) is 0.125. The van der Waals surface area contributed by atoms with Gasteiger partial charge in [-0.15, -0.1) is 0 Å². The minimum Gasteiger partial charge on any atom is -0.550 e. The van der Waals surface area contributed by atoms with Gasteiger partial charge in [-0.25, -0.2) is 0 Å². The Morgan fingerprint density at radius 3 is 1.65 bits per heavy atom. The SMILES string of the molecule is O=C([O-])CCC(=O)N(c1ccccc1)c1ccccc1. The first kappa shape index (κ1) is 13.8. The molecule has 0 saturated heterocycles. The Morgan fingerprint density at radius 2 is 1.25 bits per heavy atom. The highest BCUT2D eigenvalue weighted by Crippen LogP contribution is 2.25. The zero-order valence-electron chi connectivity index (χ0n) is 10.9. The number of para-hydroxylation sites is 2. The van der Waals surface area contributed by atoms with Gasteiger partial charge in [0.1, 0.15) is 0 Å². The minimum atomic E-state index is -1.22. The van der Waals surface area contributed by atoms with E-state index in [0.717, 1.165) is 0 Å². The summed E-state index contributed by atoms with van der Waals surface area (Å²) in [5.41, 5.74) is 1.42. The fourth-order valence-electron chi connectivity index (χ4n) is 1.91. The zero-order chi connectivity index (χ0) is 14.4. The Kier molecular flexibility index (Phi) is 4.50. The van der Waals surface area contributed by atoms with Gasteiger partial charge in [0.15, 0.2) is 0 Å². The Balaban J connectivity index is 2.30. The smallest absolute Gasteiger partial charge is 0.231 e. The van der Waals surface area contributed by atoms with Gasteiger partial charge in [-0.1, -0.05) is 36.4 Å². The molecule has 4 heteroatoms. The van der Waals surface area contributed by atoms with Crippen molar-refractivity contribution in [2.75, 3.05) is 4.90 Å². The van der Waals surface area contributed by atoms with E-state index in [9.17, 15) is 14.7 Å². The maximum atomic E-state index is 12.3. The molecule has 102 valence electrons. The van der Waals surface area contributed by atoms with Crippen molar-refractivity contribution >= 4 is 23.3 Å². The second-order valence-corrected chi connectivity index (χ2v) is 4.27. The number of carboxylic acids is 1. The van der Waals surface area contributed by atoms with E-state index in [1.807, 2.05) is 60.7 Å². The van der Waals surface area contributed by atoms with E-state index in [0.29, 0.717) is 11.4 Å². The van der Waals surface area contributed by atoms with Crippen LogP contribution in [0.1, 0.15) is 12.8 Å². The third-order valence-electron chi connectivity index (χ3n) is 2.82. The predicted molar refractivity (Wildman–Crippen MR) is 74.3 cm³/mol. The molecule has 0 aliphatic carbocycles. The molecule has 20 heavy (non-hydrogen) atoms. The van der Waals surface area contributed by atoms with Gasteiger partial charge in [0.05, 0.1) is 0 Å². The van der Waals surface area contributed by atoms with Crippen LogP contribution >= 0.6 is 0 Å². The number of nitrogens with zero attached hydrogens (tertiary/aromatic N) is 1. The molecule has 0 aliphatic rings. The quantitative estimate of drug-likeness (QED) is 0.831. The third kappa shape index (κ3) is 3.45. The number of hydrogen-bond acceptors (Lipinski definition) is 3. The molecular formula is C16H14NO3-. The minimum absolute atomic E-state index is 0.0911. The van der Waals surface area contributed by atoms with Crippen LogP contribution in [-0.2, 0) is 9.59 Å². The second-order valence-electron chi connectivity index (χ2n) is 4.27. The van der Waals surface area contributed by atoms with Crippen LogP contribution in [0.15, 0.2) is 60.7 Å². The highest BCUT2D eigenvalue weighted by molar-refractivity contribution is 6.01. The van der Waals surface area contributed by atoms with Gasteiger partial charge in [-0.3, -0.25) is 9.69 Å². The molecule has 0 spiro atoms. The number of carbonyl (C=O) groups excluding carboxylic acids is 2. The average molecular weight is 268 g/mol. The summed E-state index contributed by atoms with van der Waals surface area (Å²) in [4.78, 5) is 24.3. The molecule has 0 unspecified atom stereocenters. The molecule has 0 heterocycles. The Morgan fingerprint density at radius 1 is 0.800 bits per heavy atom. The maximum absolute atomic E-state index is 12.3. The Labute approximate surface area is 117 Å². The monoisotopic (exact) mass is 268 g/mol. The molecule has 0 bridgehead atoms. The summed E-state index contributed by atoms with van der Waals surface area (Å²) in [5.74, 6) is -1.49. The van der Waals surface area contributed by atoms with Gasteiger partial charge in [0, 0.05) is 23.8 Å². The van der Waals surface area contributed by atoms with Crippen molar-refractivity contribution in [2.45, 2.75) is 12.8 Å². The largest absolute Gasteiger partial charge is 0.550 e.